The molecule has 4 aromatic rings. The third kappa shape index (κ3) is 5.46. The average Bonchev–Trinajstić information content (AvgIpc) is 3.32. The number of aryl methyl sites for hydroxylation is 2. The van der Waals surface area contributed by atoms with Crippen LogP contribution in [-0.2, 0) is 40.8 Å². The van der Waals surface area contributed by atoms with E-state index >= 15 is 0 Å². The van der Waals surface area contributed by atoms with Crippen molar-refractivity contribution >= 4 is 44.9 Å². The Morgan fingerprint density at radius 2 is 1.83 bits per heavy atom. The lowest BCUT2D eigenvalue weighted by Gasteiger charge is -2.18. The first kappa shape index (κ1) is 24.3. The van der Waals surface area contributed by atoms with Gasteiger partial charge in [-0.3, -0.25) is 23.9 Å². The molecule has 9 heteroatoms. The molecular weight excluding hydrogens is 464 g/mol. The van der Waals surface area contributed by atoms with Crippen LogP contribution in [0.25, 0.3) is 10.9 Å². The predicted octanol–water partition coefficient (Wildman–Crippen LogP) is 4.31. The van der Waals surface area contributed by atoms with Crippen molar-refractivity contribution in [2.45, 2.75) is 39.7 Å². The van der Waals surface area contributed by atoms with Crippen LogP contribution < -0.4 is 10.5 Å². The van der Waals surface area contributed by atoms with Gasteiger partial charge < -0.3 is 4.74 Å². The first-order valence-corrected chi connectivity index (χ1v) is 12.2. The molecule has 2 heterocycles. The number of para-hydroxylation sites is 1. The summed E-state index contributed by atoms with van der Waals surface area (Å²) in [6.45, 7) is 3.56. The minimum atomic E-state index is -0.416. The third-order valence-corrected chi connectivity index (χ3v) is 6.53. The monoisotopic (exact) mass is 490 g/mol. The van der Waals surface area contributed by atoms with Crippen molar-refractivity contribution in [3.63, 3.8) is 0 Å². The minimum Gasteiger partial charge on any atom is -0.459 e. The molecule has 0 unspecified atom stereocenters. The molecule has 0 aliphatic rings. The summed E-state index contributed by atoms with van der Waals surface area (Å²) in [5, 5.41) is 2.83. The zero-order valence-corrected chi connectivity index (χ0v) is 20.7. The van der Waals surface area contributed by atoms with Gasteiger partial charge in [-0.2, -0.15) is 0 Å². The second-order valence-electron chi connectivity index (χ2n) is 8.07. The normalized spacial score (nSPS) is 10.9. The summed E-state index contributed by atoms with van der Waals surface area (Å²) in [7, 11) is 1.65. The standard InChI is InChI=1S/C26H26N4O4S/c1-4-18-9-11-20(12-10-18)30(17(2)31)26-27-19(16-35-26)15-34-24(32)14-13-23-28-22-8-6-5-7-21(22)25(33)29(23)3/h5-12,16H,4,13-15H2,1-3H3. The van der Waals surface area contributed by atoms with Gasteiger partial charge in [0.1, 0.15) is 12.4 Å². The number of fused-ring (bicyclic) bond motifs is 1. The van der Waals surface area contributed by atoms with Crippen LogP contribution in [0.5, 0.6) is 0 Å². The van der Waals surface area contributed by atoms with Crippen LogP contribution in [0.4, 0.5) is 10.8 Å². The quantitative estimate of drug-likeness (QED) is 0.342. The van der Waals surface area contributed by atoms with E-state index in [1.807, 2.05) is 30.3 Å². The van der Waals surface area contributed by atoms with Crippen LogP contribution in [0.1, 0.15) is 37.4 Å². The fourth-order valence-corrected chi connectivity index (χ4v) is 4.57. The molecule has 0 N–H and O–H groups in total. The molecule has 0 spiro atoms. The summed E-state index contributed by atoms with van der Waals surface area (Å²) < 4.78 is 6.85. The van der Waals surface area contributed by atoms with E-state index in [-0.39, 0.29) is 30.9 Å². The number of hydrogen-bond donors (Lipinski definition) is 0. The zero-order valence-electron chi connectivity index (χ0n) is 19.9. The number of rotatable bonds is 8. The van der Waals surface area contributed by atoms with Crippen molar-refractivity contribution in [2.24, 2.45) is 7.05 Å². The van der Waals surface area contributed by atoms with Gasteiger partial charge >= 0.3 is 5.97 Å². The van der Waals surface area contributed by atoms with E-state index in [0.29, 0.717) is 27.6 Å². The van der Waals surface area contributed by atoms with Gasteiger partial charge in [-0.05, 0) is 36.2 Å². The molecule has 0 saturated heterocycles. The Morgan fingerprint density at radius 1 is 1.09 bits per heavy atom. The van der Waals surface area contributed by atoms with E-state index < -0.39 is 5.97 Å². The smallest absolute Gasteiger partial charge is 0.306 e. The first-order chi connectivity index (χ1) is 16.9. The molecule has 0 bridgehead atoms. The topological polar surface area (TPSA) is 94.4 Å². The van der Waals surface area contributed by atoms with Crippen molar-refractivity contribution in [1.29, 1.82) is 0 Å². The highest BCUT2D eigenvalue weighted by molar-refractivity contribution is 7.14. The van der Waals surface area contributed by atoms with Crippen LogP contribution in [0.15, 0.2) is 58.7 Å². The van der Waals surface area contributed by atoms with E-state index in [1.165, 1.54) is 28.4 Å². The Hall–Kier alpha value is -3.85. The molecule has 2 aromatic heterocycles. The van der Waals surface area contributed by atoms with E-state index in [1.54, 1.807) is 35.5 Å². The maximum Gasteiger partial charge on any atom is 0.306 e. The van der Waals surface area contributed by atoms with Crippen LogP contribution >= 0.6 is 11.3 Å². The molecule has 0 atom stereocenters. The molecule has 0 radical (unpaired) electrons. The number of hydrogen-bond acceptors (Lipinski definition) is 7. The van der Waals surface area contributed by atoms with Crippen molar-refractivity contribution in [3.05, 3.63) is 81.3 Å². The number of anilines is 2. The number of benzene rings is 2. The number of thiazole rings is 1. The van der Waals surface area contributed by atoms with Gasteiger partial charge in [0.2, 0.25) is 5.91 Å². The summed E-state index contributed by atoms with van der Waals surface area (Å²) in [6.07, 6.45) is 1.28. The Balaban J connectivity index is 1.38. The first-order valence-electron chi connectivity index (χ1n) is 11.3. The molecule has 8 nitrogen and oxygen atoms in total. The van der Waals surface area contributed by atoms with Crippen molar-refractivity contribution in [2.75, 3.05) is 4.90 Å². The number of ether oxygens (including phenoxy) is 1. The Labute approximate surface area is 206 Å². The molecule has 180 valence electrons. The summed E-state index contributed by atoms with van der Waals surface area (Å²) in [4.78, 5) is 47.7. The molecule has 0 aliphatic carbocycles. The highest BCUT2D eigenvalue weighted by Crippen LogP contribution is 2.29. The lowest BCUT2D eigenvalue weighted by atomic mass is 10.1. The Bertz CT molecular complexity index is 1430. The molecule has 2 aromatic carbocycles. The lowest BCUT2D eigenvalue weighted by Crippen LogP contribution is -2.23. The van der Waals surface area contributed by atoms with Crippen LogP contribution in [0.3, 0.4) is 0 Å². The van der Waals surface area contributed by atoms with Gasteiger partial charge in [0.15, 0.2) is 5.13 Å². The molecule has 1 amide bonds. The van der Waals surface area contributed by atoms with Crippen LogP contribution in [0.2, 0.25) is 0 Å². The lowest BCUT2D eigenvalue weighted by molar-refractivity contribution is -0.145. The highest BCUT2D eigenvalue weighted by atomic mass is 32.1. The van der Waals surface area contributed by atoms with Gasteiger partial charge in [0, 0.05) is 25.8 Å². The SMILES string of the molecule is CCc1ccc(N(C(C)=O)c2nc(COC(=O)CCc3nc4ccccc4c(=O)n3C)cs2)cc1. The van der Waals surface area contributed by atoms with Crippen molar-refractivity contribution < 1.29 is 14.3 Å². The largest absolute Gasteiger partial charge is 0.459 e. The predicted molar refractivity (Wildman–Crippen MR) is 136 cm³/mol. The average molecular weight is 491 g/mol. The number of esters is 1. The molecule has 0 fully saturated rings. The maximum atomic E-state index is 12.5. The maximum absolute atomic E-state index is 12.5. The number of carbonyl (C=O) groups excluding carboxylic acids is 2. The highest BCUT2D eigenvalue weighted by Gasteiger charge is 2.18. The van der Waals surface area contributed by atoms with Crippen LogP contribution in [-0.4, -0.2) is 26.4 Å². The Kier molecular flexibility index (Phi) is 7.36. The minimum absolute atomic E-state index is 0.0000694. The van der Waals surface area contributed by atoms with Gasteiger partial charge in [0.25, 0.3) is 5.56 Å². The van der Waals surface area contributed by atoms with Gasteiger partial charge in [-0.1, -0.05) is 31.2 Å². The van der Waals surface area contributed by atoms with Crippen LogP contribution in [0, 0.1) is 0 Å². The van der Waals surface area contributed by atoms with Crippen molar-refractivity contribution in [1.82, 2.24) is 14.5 Å². The molecule has 4 rings (SSSR count). The Morgan fingerprint density at radius 3 is 2.54 bits per heavy atom. The summed E-state index contributed by atoms with van der Waals surface area (Å²) in [5.41, 5.74) is 2.94. The summed E-state index contributed by atoms with van der Waals surface area (Å²) in [5.74, 6) is -0.0473. The van der Waals surface area contributed by atoms with Gasteiger partial charge in [0.05, 0.1) is 28.7 Å². The number of amides is 1. The number of carbonyl (C=O) groups is 2. The fraction of sp³-hybridized carbons (Fsp3) is 0.269. The van der Waals surface area contributed by atoms with E-state index in [0.717, 1.165) is 12.1 Å². The fourth-order valence-electron chi connectivity index (χ4n) is 3.70. The zero-order chi connectivity index (χ0) is 24.9. The molecular formula is C26H26N4O4S. The second kappa shape index (κ2) is 10.6. The van der Waals surface area contributed by atoms with Crippen molar-refractivity contribution in [3.8, 4) is 0 Å². The second-order valence-corrected chi connectivity index (χ2v) is 8.90. The molecule has 0 aliphatic heterocycles. The van der Waals surface area contributed by atoms with E-state index in [4.69, 9.17) is 4.74 Å². The van der Waals surface area contributed by atoms with Gasteiger partial charge in [-0.15, -0.1) is 11.3 Å². The summed E-state index contributed by atoms with van der Waals surface area (Å²) >= 11 is 1.31. The van der Waals surface area contributed by atoms with E-state index in [2.05, 4.69) is 16.9 Å². The molecule has 35 heavy (non-hydrogen) atoms. The van der Waals surface area contributed by atoms with E-state index in [9.17, 15) is 14.4 Å². The third-order valence-electron chi connectivity index (χ3n) is 5.66. The number of aromatic nitrogens is 3. The van der Waals surface area contributed by atoms with Gasteiger partial charge in [-0.25, -0.2) is 9.97 Å². The number of nitrogens with zero attached hydrogens (tertiary/aromatic N) is 4. The summed E-state index contributed by atoms with van der Waals surface area (Å²) in [6, 6.07) is 14.9. The molecule has 0 saturated carbocycles.